The Labute approximate surface area is 129 Å². The quantitative estimate of drug-likeness (QED) is 0.675. The molecular formula is C16H33N3O2. The van der Waals surface area contributed by atoms with E-state index in [0.29, 0.717) is 12.0 Å². The van der Waals surface area contributed by atoms with Gasteiger partial charge in [0.15, 0.2) is 0 Å². The van der Waals surface area contributed by atoms with Gasteiger partial charge in [0.2, 0.25) is 5.91 Å². The molecule has 3 N–H and O–H groups in total. The minimum atomic E-state index is -0.626. The topological polar surface area (TPSA) is 67.6 Å². The Morgan fingerprint density at radius 2 is 2.10 bits per heavy atom. The molecule has 1 rings (SSSR count). The van der Waals surface area contributed by atoms with Gasteiger partial charge < -0.3 is 20.7 Å². The molecule has 5 nitrogen and oxygen atoms in total. The van der Waals surface area contributed by atoms with Crippen molar-refractivity contribution in [3.05, 3.63) is 0 Å². The molecule has 0 spiro atoms. The molecule has 1 fully saturated rings. The molecule has 2 atom stereocenters. The van der Waals surface area contributed by atoms with Crippen LogP contribution in [-0.4, -0.2) is 55.7 Å². The second-order valence-electron chi connectivity index (χ2n) is 6.67. The number of amides is 1. The summed E-state index contributed by atoms with van der Waals surface area (Å²) in [7, 11) is 2.14. The maximum Gasteiger partial charge on any atom is 0.237 e. The van der Waals surface area contributed by atoms with Crippen LogP contribution in [0.1, 0.15) is 46.5 Å². The smallest absolute Gasteiger partial charge is 0.237 e. The van der Waals surface area contributed by atoms with E-state index in [9.17, 15) is 4.79 Å². The SMILES string of the molecule is CCCNC(C)(CC(C)N(C)CC1CCOCC1)C(N)=O. The molecule has 1 saturated heterocycles. The van der Waals surface area contributed by atoms with Crippen molar-refractivity contribution in [2.75, 3.05) is 33.4 Å². The van der Waals surface area contributed by atoms with Crippen LogP contribution >= 0.6 is 0 Å². The van der Waals surface area contributed by atoms with Crippen molar-refractivity contribution in [1.82, 2.24) is 10.2 Å². The van der Waals surface area contributed by atoms with Crippen LogP contribution in [0.2, 0.25) is 0 Å². The summed E-state index contributed by atoms with van der Waals surface area (Å²) < 4.78 is 5.41. The van der Waals surface area contributed by atoms with Gasteiger partial charge in [0, 0.05) is 25.8 Å². The van der Waals surface area contributed by atoms with Crippen molar-refractivity contribution >= 4 is 5.91 Å². The third-order valence-corrected chi connectivity index (χ3v) is 4.65. The van der Waals surface area contributed by atoms with E-state index in [4.69, 9.17) is 10.5 Å². The average Bonchev–Trinajstić information content (AvgIpc) is 2.46. The number of hydrogen-bond acceptors (Lipinski definition) is 4. The van der Waals surface area contributed by atoms with Gasteiger partial charge in [0.25, 0.3) is 0 Å². The monoisotopic (exact) mass is 299 g/mol. The van der Waals surface area contributed by atoms with E-state index in [0.717, 1.165) is 52.0 Å². The summed E-state index contributed by atoms with van der Waals surface area (Å²) in [5.41, 5.74) is 4.98. The predicted octanol–water partition coefficient (Wildman–Crippen LogP) is 1.37. The molecule has 1 amide bonds. The lowest BCUT2D eigenvalue weighted by Gasteiger charge is -2.36. The molecular weight excluding hydrogens is 266 g/mol. The van der Waals surface area contributed by atoms with Crippen LogP contribution in [0.15, 0.2) is 0 Å². The zero-order chi connectivity index (χ0) is 15.9. The van der Waals surface area contributed by atoms with Crippen LogP contribution in [-0.2, 0) is 9.53 Å². The van der Waals surface area contributed by atoms with E-state index >= 15 is 0 Å². The van der Waals surface area contributed by atoms with E-state index in [1.165, 1.54) is 0 Å². The molecule has 0 aromatic carbocycles. The van der Waals surface area contributed by atoms with Crippen LogP contribution in [0.3, 0.4) is 0 Å². The van der Waals surface area contributed by atoms with Gasteiger partial charge in [-0.05, 0) is 59.0 Å². The van der Waals surface area contributed by atoms with Crippen LogP contribution in [0, 0.1) is 5.92 Å². The number of carbonyl (C=O) groups excluding carboxylic acids is 1. The van der Waals surface area contributed by atoms with Crippen molar-refractivity contribution in [3.63, 3.8) is 0 Å². The molecule has 21 heavy (non-hydrogen) atoms. The van der Waals surface area contributed by atoms with E-state index < -0.39 is 5.54 Å². The van der Waals surface area contributed by atoms with Gasteiger partial charge in [0.05, 0.1) is 5.54 Å². The Morgan fingerprint density at radius 3 is 2.62 bits per heavy atom. The Hall–Kier alpha value is -0.650. The van der Waals surface area contributed by atoms with Crippen molar-refractivity contribution in [2.24, 2.45) is 11.7 Å². The summed E-state index contributed by atoms with van der Waals surface area (Å²) in [5.74, 6) is 0.442. The molecule has 5 heteroatoms. The second kappa shape index (κ2) is 8.71. The number of ether oxygens (including phenoxy) is 1. The first kappa shape index (κ1) is 18.4. The van der Waals surface area contributed by atoms with E-state index in [2.05, 4.69) is 31.1 Å². The number of primary amides is 1. The number of nitrogens with two attached hydrogens (primary N) is 1. The summed E-state index contributed by atoms with van der Waals surface area (Å²) in [6, 6.07) is 0.315. The molecule has 1 aliphatic rings. The zero-order valence-corrected chi connectivity index (χ0v) is 14.2. The average molecular weight is 299 g/mol. The second-order valence-corrected chi connectivity index (χ2v) is 6.67. The summed E-state index contributed by atoms with van der Waals surface area (Å²) in [5, 5.41) is 3.31. The van der Waals surface area contributed by atoms with Gasteiger partial charge in [-0.25, -0.2) is 0 Å². The number of nitrogens with one attached hydrogen (secondary N) is 1. The fourth-order valence-corrected chi connectivity index (χ4v) is 2.92. The van der Waals surface area contributed by atoms with Gasteiger partial charge >= 0.3 is 0 Å². The maximum absolute atomic E-state index is 11.8. The van der Waals surface area contributed by atoms with Gasteiger partial charge in [0.1, 0.15) is 0 Å². The Morgan fingerprint density at radius 1 is 1.48 bits per heavy atom. The third-order valence-electron chi connectivity index (χ3n) is 4.65. The lowest BCUT2D eigenvalue weighted by Crippen LogP contribution is -2.56. The minimum Gasteiger partial charge on any atom is -0.381 e. The predicted molar refractivity (Wildman–Crippen MR) is 86.1 cm³/mol. The molecule has 1 heterocycles. The molecule has 0 aromatic rings. The lowest BCUT2D eigenvalue weighted by atomic mass is 9.91. The third kappa shape index (κ3) is 5.93. The molecule has 0 aliphatic carbocycles. The number of carbonyl (C=O) groups is 1. The Balaban J connectivity index is 2.50. The fraction of sp³-hybridized carbons (Fsp3) is 0.938. The number of nitrogens with zero attached hydrogens (tertiary/aromatic N) is 1. The highest BCUT2D eigenvalue weighted by Crippen LogP contribution is 2.20. The Kier molecular flexibility index (Phi) is 7.63. The normalized spacial score (nSPS) is 21.2. The largest absolute Gasteiger partial charge is 0.381 e. The summed E-state index contributed by atoms with van der Waals surface area (Å²) >= 11 is 0. The number of hydrogen-bond donors (Lipinski definition) is 2. The maximum atomic E-state index is 11.8. The molecule has 0 saturated carbocycles. The van der Waals surface area contributed by atoms with Gasteiger partial charge in [-0.2, -0.15) is 0 Å². The molecule has 0 aromatic heterocycles. The zero-order valence-electron chi connectivity index (χ0n) is 14.2. The molecule has 1 aliphatic heterocycles. The van der Waals surface area contributed by atoms with E-state index in [-0.39, 0.29) is 5.91 Å². The highest BCUT2D eigenvalue weighted by Gasteiger charge is 2.33. The molecule has 2 unspecified atom stereocenters. The molecule has 124 valence electrons. The van der Waals surface area contributed by atoms with Gasteiger partial charge in [-0.1, -0.05) is 6.92 Å². The highest BCUT2D eigenvalue weighted by molar-refractivity contribution is 5.84. The summed E-state index contributed by atoms with van der Waals surface area (Å²) in [6.07, 6.45) is 4.01. The van der Waals surface area contributed by atoms with Crippen molar-refractivity contribution in [3.8, 4) is 0 Å². The molecule has 0 bridgehead atoms. The van der Waals surface area contributed by atoms with Crippen molar-refractivity contribution in [1.29, 1.82) is 0 Å². The van der Waals surface area contributed by atoms with Crippen molar-refractivity contribution in [2.45, 2.75) is 58.0 Å². The van der Waals surface area contributed by atoms with Crippen LogP contribution in [0.25, 0.3) is 0 Å². The first-order valence-electron chi connectivity index (χ1n) is 8.22. The summed E-state index contributed by atoms with van der Waals surface area (Å²) in [4.78, 5) is 14.2. The number of rotatable bonds is 9. The first-order chi connectivity index (χ1) is 9.89. The molecule has 0 radical (unpaired) electrons. The van der Waals surface area contributed by atoms with Gasteiger partial charge in [-0.3, -0.25) is 4.79 Å². The Bertz CT molecular complexity index is 319. The van der Waals surface area contributed by atoms with Gasteiger partial charge in [-0.15, -0.1) is 0 Å². The standard InChI is InChI=1S/C16H33N3O2/c1-5-8-18-16(3,15(17)20)11-13(2)19(4)12-14-6-9-21-10-7-14/h13-14,18H,5-12H2,1-4H3,(H2,17,20). The van der Waals surface area contributed by atoms with Crippen molar-refractivity contribution < 1.29 is 9.53 Å². The van der Waals surface area contributed by atoms with Crippen LogP contribution in [0.5, 0.6) is 0 Å². The van der Waals surface area contributed by atoms with E-state index in [1.54, 1.807) is 0 Å². The highest BCUT2D eigenvalue weighted by atomic mass is 16.5. The van der Waals surface area contributed by atoms with Crippen LogP contribution < -0.4 is 11.1 Å². The minimum absolute atomic E-state index is 0.262. The first-order valence-corrected chi connectivity index (χ1v) is 8.22. The van der Waals surface area contributed by atoms with Crippen LogP contribution in [0.4, 0.5) is 0 Å². The van der Waals surface area contributed by atoms with E-state index in [1.807, 2.05) is 6.92 Å². The fourth-order valence-electron chi connectivity index (χ4n) is 2.92. The summed E-state index contributed by atoms with van der Waals surface area (Å²) in [6.45, 7) is 9.82. The lowest BCUT2D eigenvalue weighted by molar-refractivity contribution is -0.124.